The summed E-state index contributed by atoms with van der Waals surface area (Å²) in [6.45, 7) is 13.1. The standard InChI is InChI=1S/C22H35N5O/c1-5-23-22(25-11-14-28-13-9-18(2)3)26-16-20-7-6-8-21(15-20)17-27-12-10-24-19(27)4/h6-8,10,12,15,18H,5,9,11,13-14,16-17H2,1-4H3,(H2,23,25,26). The van der Waals surface area contributed by atoms with Gasteiger partial charge in [-0.1, -0.05) is 38.1 Å². The molecule has 0 unspecified atom stereocenters. The quantitative estimate of drug-likeness (QED) is 0.354. The van der Waals surface area contributed by atoms with Gasteiger partial charge in [0, 0.05) is 38.6 Å². The van der Waals surface area contributed by atoms with Gasteiger partial charge in [0.15, 0.2) is 5.96 Å². The van der Waals surface area contributed by atoms with Crippen molar-refractivity contribution in [2.75, 3.05) is 26.3 Å². The summed E-state index contributed by atoms with van der Waals surface area (Å²) in [5, 5.41) is 6.63. The number of benzene rings is 1. The molecule has 1 aromatic heterocycles. The highest BCUT2D eigenvalue weighted by Gasteiger charge is 2.02. The van der Waals surface area contributed by atoms with Crippen molar-refractivity contribution in [3.05, 3.63) is 53.6 Å². The van der Waals surface area contributed by atoms with E-state index in [4.69, 9.17) is 9.73 Å². The molecule has 0 fully saturated rings. The first-order valence-electron chi connectivity index (χ1n) is 10.2. The SMILES string of the molecule is CCNC(=NCc1cccc(Cn2ccnc2C)c1)NCCOCCC(C)C. The second-order valence-electron chi connectivity index (χ2n) is 7.34. The average molecular weight is 386 g/mol. The molecule has 6 heteroatoms. The van der Waals surface area contributed by atoms with Crippen LogP contribution in [0.15, 0.2) is 41.7 Å². The molecule has 0 saturated carbocycles. The van der Waals surface area contributed by atoms with Crippen molar-refractivity contribution < 1.29 is 4.74 Å². The van der Waals surface area contributed by atoms with Gasteiger partial charge in [0.25, 0.3) is 0 Å². The minimum Gasteiger partial charge on any atom is -0.380 e. The maximum Gasteiger partial charge on any atom is 0.191 e. The second kappa shape index (κ2) is 12.2. The van der Waals surface area contributed by atoms with E-state index >= 15 is 0 Å². The lowest BCUT2D eigenvalue weighted by atomic mass is 10.1. The Hall–Kier alpha value is -2.34. The van der Waals surface area contributed by atoms with Crippen LogP contribution in [0.4, 0.5) is 0 Å². The Balaban J connectivity index is 1.84. The maximum absolute atomic E-state index is 5.66. The highest BCUT2D eigenvalue weighted by molar-refractivity contribution is 5.79. The van der Waals surface area contributed by atoms with Crippen LogP contribution in [0.25, 0.3) is 0 Å². The molecule has 1 aromatic carbocycles. The molecule has 2 aromatic rings. The first-order chi connectivity index (χ1) is 13.6. The van der Waals surface area contributed by atoms with Gasteiger partial charge < -0.3 is 19.9 Å². The lowest BCUT2D eigenvalue weighted by molar-refractivity contribution is 0.128. The van der Waals surface area contributed by atoms with Crippen molar-refractivity contribution in [3.63, 3.8) is 0 Å². The van der Waals surface area contributed by atoms with E-state index in [1.54, 1.807) is 0 Å². The number of hydrogen-bond donors (Lipinski definition) is 2. The minimum absolute atomic E-state index is 0.639. The van der Waals surface area contributed by atoms with Crippen molar-refractivity contribution in [2.45, 2.75) is 47.2 Å². The molecular weight excluding hydrogens is 350 g/mol. The Morgan fingerprint density at radius 1 is 1.21 bits per heavy atom. The van der Waals surface area contributed by atoms with Crippen molar-refractivity contribution in [1.82, 2.24) is 20.2 Å². The van der Waals surface area contributed by atoms with Crippen LogP contribution in [0, 0.1) is 12.8 Å². The molecule has 0 amide bonds. The number of aliphatic imine (C=N–C) groups is 1. The van der Waals surface area contributed by atoms with E-state index in [9.17, 15) is 0 Å². The molecular formula is C22H35N5O. The number of ether oxygens (including phenoxy) is 1. The van der Waals surface area contributed by atoms with Crippen LogP contribution < -0.4 is 10.6 Å². The van der Waals surface area contributed by atoms with E-state index in [2.05, 4.69) is 65.2 Å². The first kappa shape index (κ1) is 22.0. The van der Waals surface area contributed by atoms with Crippen molar-refractivity contribution in [1.29, 1.82) is 0 Å². The van der Waals surface area contributed by atoms with E-state index in [0.717, 1.165) is 44.4 Å². The molecule has 2 rings (SSSR count). The average Bonchev–Trinajstić information content (AvgIpc) is 3.07. The summed E-state index contributed by atoms with van der Waals surface area (Å²) in [7, 11) is 0. The Morgan fingerprint density at radius 3 is 2.75 bits per heavy atom. The minimum atomic E-state index is 0.639. The molecule has 1 heterocycles. The summed E-state index contributed by atoms with van der Waals surface area (Å²) in [6.07, 6.45) is 4.95. The zero-order chi connectivity index (χ0) is 20.2. The number of aromatic nitrogens is 2. The molecule has 0 atom stereocenters. The topological polar surface area (TPSA) is 63.5 Å². The molecule has 154 valence electrons. The van der Waals surface area contributed by atoms with Crippen molar-refractivity contribution in [2.24, 2.45) is 10.9 Å². The van der Waals surface area contributed by atoms with Crippen molar-refractivity contribution in [3.8, 4) is 0 Å². The van der Waals surface area contributed by atoms with Crippen LogP contribution in [0.1, 0.15) is 44.1 Å². The van der Waals surface area contributed by atoms with Gasteiger partial charge in [0.05, 0.1) is 13.2 Å². The molecule has 0 spiro atoms. The molecule has 2 N–H and O–H groups in total. The summed E-state index contributed by atoms with van der Waals surface area (Å²) in [4.78, 5) is 8.99. The lowest BCUT2D eigenvalue weighted by Gasteiger charge is -2.12. The van der Waals surface area contributed by atoms with E-state index in [1.165, 1.54) is 11.1 Å². The van der Waals surface area contributed by atoms with Crippen molar-refractivity contribution >= 4 is 5.96 Å². The fourth-order valence-electron chi connectivity index (χ4n) is 2.77. The largest absolute Gasteiger partial charge is 0.380 e. The van der Waals surface area contributed by atoms with Gasteiger partial charge >= 0.3 is 0 Å². The normalized spacial score (nSPS) is 11.8. The first-order valence-corrected chi connectivity index (χ1v) is 10.2. The highest BCUT2D eigenvalue weighted by atomic mass is 16.5. The zero-order valence-corrected chi connectivity index (χ0v) is 17.7. The number of guanidine groups is 1. The van der Waals surface area contributed by atoms with Crippen LogP contribution in [-0.4, -0.2) is 41.8 Å². The Kier molecular flexibility index (Phi) is 9.55. The Morgan fingerprint density at radius 2 is 2.04 bits per heavy atom. The summed E-state index contributed by atoms with van der Waals surface area (Å²) < 4.78 is 7.80. The molecule has 0 bridgehead atoms. The molecule has 0 aliphatic heterocycles. The van der Waals surface area contributed by atoms with Gasteiger partial charge in [-0.3, -0.25) is 0 Å². The Bertz CT molecular complexity index is 723. The van der Waals surface area contributed by atoms with Gasteiger partial charge in [0.1, 0.15) is 5.82 Å². The van der Waals surface area contributed by atoms with Crippen LogP contribution >= 0.6 is 0 Å². The van der Waals surface area contributed by atoms with Crippen LogP contribution in [0.2, 0.25) is 0 Å². The number of rotatable bonds is 11. The lowest BCUT2D eigenvalue weighted by Crippen LogP contribution is -2.39. The molecule has 0 aliphatic rings. The fraction of sp³-hybridized carbons (Fsp3) is 0.545. The molecule has 0 saturated heterocycles. The van der Waals surface area contributed by atoms with Crippen LogP contribution in [0.5, 0.6) is 0 Å². The van der Waals surface area contributed by atoms with Gasteiger partial charge in [-0.05, 0) is 37.3 Å². The van der Waals surface area contributed by atoms with E-state index < -0.39 is 0 Å². The zero-order valence-electron chi connectivity index (χ0n) is 17.7. The van der Waals surface area contributed by atoms with E-state index in [-0.39, 0.29) is 0 Å². The number of nitrogens with zero attached hydrogens (tertiary/aromatic N) is 3. The number of hydrogen-bond acceptors (Lipinski definition) is 3. The molecule has 0 radical (unpaired) electrons. The summed E-state index contributed by atoms with van der Waals surface area (Å²) in [6, 6.07) is 8.56. The van der Waals surface area contributed by atoms with Gasteiger partial charge in [-0.15, -0.1) is 0 Å². The predicted molar refractivity (Wildman–Crippen MR) is 116 cm³/mol. The third-order valence-electron chi connectivity index (χ3n) is 4.41. The second-order valence-corrected chi connectivity index (χ2v) is 7.34. The maximum atomic E-state index is 5.66. The van der Waals surface area contributed by atoms with Gasteiger partial charge in [-0.2, -0.15) is 0 Å². The number of aryl methyl sites for hydroxylation is 1. The number of nitrogens with one attached hydrogen (secondary N) is 2. The van der Waals surface area contributed by atoms with E-state index in [1.807, 2.05) is 19.3 Å². The highest BCUT2D eigenvalue weighted by Crippen LogP contribution is 2.09. The third kappa shape index (κ3) is 8.13. The van der Waals surface area contributed by atoms with Crippen LogP contribution in [-0.2, 0) is 17.8 Å². The fourth-order valence-corrected chi connectivity index (χ4v) is 2.77. The van der Waals surface area contributed by atoms with Gasteiger partial charge in [0.2, 0.25) is 0 Å². The molecule has 6 nitrogen and oxygen atoms in total. The summed E-state index contributed by atoms with van der Waals surface area (Å²) in [5.74, 6) is 2.53. The summed E-state index contributed by atoms with van der Waals surface area (Å²) in [5.41, 5.74) is 2.45. The molecule has 28 heavy (non-hydrogen) atoms. The smallest absolute Gasteiger partial charge is 0.191 e. The number of imidazole rings is 1. The third-order valence-corrected chi connectivity index (χ3v) is 4.41. The Labute approximate surface area is 169 Å². The summed E-state index contributed by atoms with van der Waals surface area (Å²) >= 11 is 0. The monoisotopic (exact) mass is 385 g/mol. The molecule has 0 aliphatic carbocycles. The van der Waals surface area contributed by atoms with Gasteiger partial charge in [-0.25, -0.2) is 9.98 Å². The predicted octanol–water partition coefficient (Wildman–Crippen LogP) is 3.36. The van der Waals surface area contributed by atoms with Crippen LogP contribution in [0.3, 0.4) is 0 Å². The van der Waals surface area contributed by atoms with E-state index in [0.29, 0.717) is 19.1 Å².